The molecule has 1 heterocycles. The van der Waals surface area contributed by atoms with Gasteiger partial charge in [-0.3, -0.25) is 4.79 Å². The van der Waals surface area contributed by atoms with Crippen molar-refractivity contribution in [2.75, 3.05) is 0 Å². The molecule has 1 aromatic heterocycles. The number of aryl methyl sites for hydroxylation is 1. The molecule has 40 heavy (non-hydrogen) atoms. The fourth-order valence-corrected chi connectivity index (χ4v) is 4.93. The van der Waals surface area contributed by atoms with E-state index in [1.165, 1.54) is 18.6 Å². The van der Waals surface area contributed by atoms with Gasteiger partial charge in [0, 0.05) is 27.7 Å². The van der Waals surface area contributed by atoms with Gasteiger partial charge < -0.3 is 19.7 Å². The van der Waals surface area contributed by atoms with Gasteiger partial charge in [0.1, 0.15) is 11.6 Å². The molecule has 2 atom stereocenters. The molecule has 0 spiro atoms. The zero-order valence-corrected chi connectivity index (χ0v) is 24.3. The van der Waals surface area contributed by atoms with E-state index in [4.69, 9.17) is 16.3 Å². The average Bonchev–Trinajstić information content (AvgIpc) is 3.15. The SMILES string of the molecule is Cc1c(C)n(Cc2cc(OC(C)C(=O)O)c(Cl)cc2F)c2ccc(C(=O)NC(C)c3cccc(C(C)C)c3)cc12. The van der Waals surface area contributed by atoms with Crippen LogP contribution >= 0.6 is 11.6 Å². The van der Waals surface area contributed by atoms with Gasteiger partial charge in [-0.2, -0.15) is 0 Å². The number of halogens is 2. The van der Waals surface area contributed by atoms with Gasteiger partial charge >= 0.3 is 5.97 Å². The Morgan fingerprint density at radius 1 is 1.02 bits per heavy atom. The van der Waals surface area contributed by atoms with Gasteiger partial charge in [0.05, 0.1) is 17.6 Å². The first-order valence-corrected chi connectivity index (χ1v) is 13.6. The third-order valence-electron chi connectivity index (χ3n) is 7.41. The van der Waals surface area contributed by atoms with Crippen molar-refractivity contribution >= 4 is 34.4 Å². The van der Waals surface area contributed by atoms with E-state index in [1.54, 1.807) is 6.07 Å². The number of carbonyl (C=O) groups excluding carboxylic acids is 1. The first-order valence-electron chi connectivity index (χ1n) is 13.2. The number of carboxylic acids is 1. The summed E-state index contributed by atoms with van der Waals surface area (Å²) in [4.78, 5) is 24.4. The topological polar surface area (TPSA) is 80.6 Å². The predicted octanol–water partition coefficient (Wildman–Crippen LogP) is 7.57. The van der Waals surface area contributed by atoms with E-state index in [9.17, 15) is 19.1 Å². The quantitative estimate of drug-likeness (QED) is 0.220. The van der Waals surface area contributed by atoms with E-state index >= 15 is 0 Å². The third-order valence-corrected chi connectivity index (χ3v) is 7.70. The van der Waals surface area contributed by atoms with Crippen molar-refractivity contribution in [2.45, 2.75) is 66.2 Å². The van der Waals surface area contributed by atoms with Crippen LogP contribution in [-0.2, 0) is 11.3 Å². The number of nitrogens with zero attached hydrogens (tertiary/aromatic N) is 1. The van der Waals surface area contributed by atoms with E-state index in [2.05, 4.69) is 31.3 Å². The molecule has 6 nitrogen and oxygen atoms in total. The monoisotopic (exact) mass is 564 g/mol. The van der Waals surface area contributed by atoms with Crippen molar-refractivity contribution < 1.29 is 23.8 Å². The molecule has 2 unspecified atom stereocenters. The summed E-state index contributed by atoms with van der Waals surface area (Å²) in [5, 5.41) is 13.2. The number of hydrogen-bond acceptors (Lipinski definition) is 3. The molecule has 0 bridgehead atoms. The van der Waals surface area contributed by atoms with Gasteiger partial charge in [0.2, 0.25) is 0 Å². The first-order chi connectivity index (χ1) is 18.9. The largest absolute Gasteiger partial charge is 0.479 e. The molecule has 4 aromatic rings. The van der Waals surface area contributed by atoms with E-state index in [0.29, 0.717) is 17.0 Å². The van der Waals surface area contributed by atoms with Crippen LogP contribution in [-0.4, -0.2) is 27.7 Å². The smallest absolute Gasteiger partial charge is 0.344 e. The lowest BCUT2D eigenvalue weighted by molar-refractivity contribution is -0.144. The summed E-state index contributed by atoms with van der Waals surface area (Å²) in [5.74, 6) is -1.35. The predicted molar refractivity (Wildman–Crippen MR) is 156 cm³/mol. The molecule has 8 heteroatoms. The minimum atomic E-state index is -1.15. The molecule has 0 saturated heterocycles. The van der Waals surface area contributed by atoms with E-state index in [0.717, 1.165) is 33.8 Å². The van der Waals surface area contributed by atoms with Crippen molar-refractivity contribution in [3.05, 3.63) is 98.9 Å². The lowest BCUT2D eigenvalue weighted by Gasteiger charge is -2.17. The maximum absolute atomic E-state index is 14.9. The number of ether oxygens (including phenoxy) is 1. The number of nitrogens with one attached hydrogen (secondary N) is 1. The van der Waals surface area contributed by atoms with Crippen LogP contribution < -0.4 is 10.1 Å². The number of benzene rings is 3. The Balaban J connectivity index is 1.61. The van der Waals surface area contributed by atoms with Crippen LogP contribution in [0.2, 0.25) is 5.02 Å². The van der Waals surface area contributed by atoms with Gasteiger partial charge in [-0.05, 0) is 80.6 Å². The second kappa shape index (κ2) is 11.7. The number of carbonyl (C=O) groups is 2. The number of aromatic nitrogens is 1. The molecule has 0 fully saturated rings. The summed E-state index contributed by atoms with van der Waals surface area (Å²) < 4.78 is 22.3. The minimum absolute atomic E-state index is 0.000400. The molecule has 3 aromatic carbocycles. The second-order valence-corrected chi connectivity index (χ2v) is 10.9. The van der Waals surface area contributed by atoms with Gasteiger partial charge in [-0.25, -0.2) is 9.18 Å². The van der Waals surface area contributed by atoms with Gasteiger partial charge in [-0.15, -0.1) is 0 Å². The fraction of sp³-hybridized carbons (Fsp3) is 0.312. The van der Waals surface area contributed by atoms with Crippen molar-refractivity contribution in [1.82, 2.24) is 9.88 Å². The normalized spacial score (nSPS) is 12.9. The highest BCUT2D eigenvalue weighted by molar-refractivity contribution is 6.32. The summed E-state index contributed by atoms with van der Waals surface area (Å²) in [5.41, 5.74) is 5.85. The van der Waals surface area contributed by atoms with E-state index < -0.39 is 17.9 Å². The van der Waals surface area contributed by atoms with Crippen molar-refractivity contribution in [3.63, 3.8) is 0 Å². The van der Waals surface area contributed by atoms with Crippen LogP contribution in [0.4, 0.5) is 4.39 Å². The van der Waals surface area contributed by atoms with E-state index in [1.807, 2.05) is 49.6 Å². The first kappa shape index (κ1) is 29.2. The maximum Gasteiger partial charge on any atom is 0.344 e. The lowest BCUT2D eigenvalue weighted by atomic mass is 9.98. The summed E-state index contributed by atoms with van der Waals surface area (Å²) in [6.45, 7) is 11.7. The van der Waals surface area contributed by atoms with Crippen LogP contribution in [0.25, 0.3) is 10.9 Å². The summed E-state index contributed by atoms with van der Waals surface area (Å²) in [6, 6.07) is 16.2. The fourth-order valence-electron chi connectivity index (χ4n) is 4.74. The highest BCUT2D eigenvalue weighted by Crippen LogP contribution is 2.32. The summed E-state index contributed by atoms with van der Waals surface area (Å²) in [7, 11) is 0. The molecule has 1 amide bonds. The van der Waals surface area contributed by atoms with Gasteiger partial charge in [-0.1, -0.05) is 49.7 Å². The van der Waals surface area contributed by atoms with Crippen LogP contribution in [0, 0.1) is 19.7 Å². The maximum atomic E-state index is 14.9. The third kappa shape index (κ3) is 5.99. The molecule has 0 aliphatic carbocycles. The molecule has 2 N–H and O–H groups in total. The standard InChI is InChI=1S/C32H34ClFN2O4/c1-17(2)22-8-7-9-23(12-22)19(4)35-31(37)24-10-11-29-26(13-24)18(3)20(5)36(29)16-25-14-30(27(33)15-28(25)34)40-21(6)32(38)39/h7-15,17,19,21H,16H2,1-6H3,(H,35,37)(H,38,39). The number of amides is 1. The summed E-state index contributed by atoms with van der Waals surface area (Å²) >= 11 is 6.12. The Morgan fingerprint density at radius 2 is 1.73 bits per heavy atom. The van der Waals surface area contributed by atoms with E-state index in [-0.39, 0.29) is 29.3 Å². The number of rotatable bonds is 9. The molecule has 0 aliphatic heterocycles. The van der Waals surface area contributed by atoms with Gasteiger partial charge in [0.15, 0.2) is 6.10 Å². The highest BCUT2D eigenvalue weighted by Gasteiger charge is 2.20. The average molecular weight is 565 g/mol. The van der Waals surface area contributed by atoms with Gasteiger partial charge in [0.25, 0.3) is 5.91 Å². The Kier molecular flexibility index (Phi) is 8.54. The van der Waals surface area contributed by atoms with Crippen molar-refractivity contribution in [3.8, 4) is 5.75 Å². The number of fused-ring (bicyclic) bond motifs is 1. The highest BCUT2D eigenvalue weighted by atomic mass is 35.5. The molecule has 0 saturated carbocycles. The second-order valence-electron chi connectivity index (χ2n) is 10.5. The Morgan fingerprint density at radius 3 is 2.40 bits per heavy atom. The van der Waals surface area contributed by atoms with Crippen LogP contribution in [0.3, 0.4) is 0 Å². The zero-order chi connectivity index (χ0) is 29.3. The van der Waals surface area contributed by atoms with Crippen molar-refractivity contribution in [1.29, 1.82) is 0 Å². The number of carboxylic acid groups (broad SMARTS) is 1. The molecular weight excluding hydrogens is 531 g/mol. The van der Waals surface area contributed by atoms with Crippen LogP contribution in [0.15, 0.2) is 54.6 Å². The van der Waals surface area contributed by atoms with Crippen molar-refractivity contribution in [2.24, 2.45) is 0 Å². The molecular formula is C32H34ClFN2O4. The van der Waals surface area contributed by atoms with Crippen LogP contribution in [0.5, 0.6) is 5.75 Å². The lowest BCUT2D eigenvalue weighted by Crippen LogP contribution is -2.26. The molecule has 0 aliphatic rings. The zero-order valence-electron chi connectivity index (χ0n) is 23.5. The minimum Gasteiger partial charge on any atom is -0.479 e. The Bertz CT molecular complexity index is 1590. The van der Waals surface area contributed by atoms with Crippen LogP contribution in [0.1, 0.15) is 78.0 Å². The molecule has 210 valence electrons. The molecule has 0 radical (unpaired) electrons. The Hall–Kier alpha value is -3.84. The Labute approximate surface area is 238 Å². The summed E-state index contributed by atoms with van der Waals surface area (Å²) in [6.07, 6.45) is -1.14. The molecule has 4 rings (SSSR count). The number of hydrogen-bond donors (Lipinski definition) is 2. The number of aliphatic carboxylic acids is 1.